The lowest BCUT2D eigenvalue weighted by Crippen LogP contribution is -2.14. The molecule has 6 heteroatoms. The average Bonchev–Trinajstić information content (AvgIpc) is 3.46. The van der Waals surface area contributed by atoms with Crippen molar-refractivity contribution >= 4 is 44.7 Å². The Morgan fingerprint density at radius 1 is 0.964 bits per heavy atom. The molecule has 1 saturated carbocycles. The molecule has 2 amide bonds. The number of thiazole rings is 1. The van der Waals surface area contributed by atoms with E-state index in [1.54, 1.807) is 11.3 Å². The number of aromatic nitrogens is 1. The van der Waals surface area contributed by atoms with E-state index >= 15 is 0 Å². The van der Waals surface area contributed by atoms with Crippen LogP contribution in [0.1, 0.15) is 37.1 Å². The molecular formula is C22H23N3O2S. The predicted octanol–water partition coefficient (Wildman–Crippen LogP) is 5.00. The minimum atomic E-state index is 0.0130. The summed E-state index contributed by atoms with van der Waals surface area (Å²) in [7, 11) is 0. The number of carbonyl (C=O) groups is 2. The first kappa shape index (κ1) is 18.6. The summed E-state index contributed by atoms with van der Waals surface area (Å²) in [5.41, 5.74) is 2.57. The zero-order chi connectivity index (χ0) is 19.3. The van der Waals surface area contributed by atoms with Crippen LogP contribution >= 0.6 is 11.3 Å². The number of nitrogens with one attached hydrogen (secondary N) is 2. The molecule has 1 aliphatic rings. The largest absolute Gasteiger partial charge is 0.326 e. The van der Waals surface area contributed by atoms with Crippen molar-refractivity contribution < 1.29 is 9.59 Å². The number of benzene rings is 2. The van der Waals surface area contributed by atoms with E-state index in [2.05, 4.69) is 21.7 Å². The lowest BCUT2D eigenvalue weighted by molar-refractivity contribution is -0.117. The number of carbonyl (C=O) groups excluding carboxylic acids is 2. The van der Waals surface area contributed by atoms with Crippen LogP contribution in [-0.2, 0) is 16.0 Å². The molecule has 2 aromatic carbocycles. The van der Waals surface area contributed by atoms with Crippen molar-refractivity contribution in [2.75, 3.05) is 10.6 Å². The van der Waals surface area contributed by atoms with Gasteiger partial charge in [-0.05, 0) is 68.5 Å². The SMILES string of the molecule is O=C(CCCCc1nc2ccccc2s1)Nc1ccc(NC(=O)C2CC2)cc1. The van der Waals surface area contributed by atoms with Gasteiger partial charge < -0.3 is 10.6 Å². The number of hydrogen-bond acceptors (Lipinski definition) is 4. The summed E-state index contributed by atoms with van der Waals surface area (Å²) < 4.78 is 1.21. The number of rotatable bonds is 8. The fraction of sp³-hybridized carbons (Fsp3) is 0.318. The van der Waals surface area contributed by atoms with Crippen molar-refractivity contribution in [3.63, 3.8) is 0 Å². The molecule has 0 saturated heterocycles. The Hall–Kier alpha value is -2.73. The van der Waals surface area contributed by atoms with E-state index in [1.165, 1.54) is 4.70 Å². The van der Waals surface area contributed by atoms with Crippen LogP contribution in [0.2, 0.25) is 0 Å². The number of unbranched alkanes of at least 4 members (excludes halogenated alkanes) is 1. The molecule has 1 aromatic heterocycles. The van der Waals surface area contributed by atoms with Crippen LogP contribution in [0.15, 0.2) is 48.5 Å². The molecule has 1 fully saturated rings. The lowest BCUT2D eigenvalue weighted by Gasteiger charge is -2.07. The van der Waals surface area contributed by atoms with E-state index in [1.807, 2.05) is 42.5 Å². The number of fused-ring (bicyclic) bond motifs is 1. The van der Waals surface area contributed by atoms with Gasteiger partial charge in [0.1, 0.15) is 0 Å². The fourth-order valence-electron chi connectivity index (χ4n) is 3.04. The second kappa shape index (κ2) is 8.52. The fourth-order valence-corrected chi connectivity index (χ4v) is 4.05. The van der Waals surface area contributed by atoms with E-state index < -0.39 is 0 Å². The maximum absolute atomic E-state index is 12.1. The van der Waals surface area contributed by atoms with Gasteiger partial charge in [0.15, 0.2) is 0 Å². The van der Waals surface area contributed by atoms with Crippen LogP contribution in [0.4, 0.5) is 11.4 Å². The zero-order valence-electron chi connectivity index (χ0n) is 15.6. The number of hydrogen-bond donors (Lipinski definition) is 2. The van der Waals surface area contributed by atoms with Crippen LogP contribution < -0.4 is 10.6 Å². The van der Waals surface area contributed by atoms with Crippen LogP contribution in [0.3, 0.4) is 0 Å². The topological polar surface area (TPSA) is 71.1 Å². The summed E-state index contributed by atoms with van der Waals surface area (Å²) in [5, 5.41) is 6.94. The molecule has 1 heterocycles. The van der Waals surface area contributed by atoms with Crippen molar-refractivity contribution in [1.82, 2.24) is 4.98 Å². The molecular weight excluding hydrogens is 370 g/mol. The molecule has 4 rings (SSSR count). The second-order valence-corrected chi connectivity index (χ2v) is 8.29. The van der Waals surface area contributed by atoms with Gasteiger partial charge in [0.25, 0.3) is 0 Å². The van der Waals surface area contributed by atoms with E-state index in [0.717, 1.165) is 54.0 Å². The van der Waals surface area contributed by atoms with E-state index in [-0.39, 0.29) is 17.7 Å². The van der Waals surface area contributed by atoms with E-state index in [4.69, 9.17) is 0 Å². The van der Waals surface area contributed by atoms with Gasteiger partial charge >= 0.3 is 0 Å². The van der Waals surface area contributed by atoms with Crippen molar-refractivity contribution in [1.29, 1.82) is 0 Å². The molecule has 0 spiro atoms. The third-order valence-electron chi connectivity index (χ3n) is 4.77. The van der Waals surface area contributed by atoms with Crippen molar-refractivity contribution in [3.8, 4) is 0 Å². The molecule has 144 valence electrons. The smallest absolute Gasteiger partial charge is 0.227 e. The number of aryl methyl sites for hydroxylation is 1. The molecule has 0 radical (unpaired) electrons. The minimum Gasteiger partial charge on any atom is -0.326 e. The second-order valence-electron chi connectivity index (χ2n) is 7.17. The molecule has 3 aromatic rings. The van der Waals surface area contributed by atoms with E-state index in [0.29, 0.717) is 6.42 Å². The van der Waals surface area contributed by atoms with Gasteiger partial charge in [-0.1, -0.05) is 12.1 Å². The molecule has 1 aliphatic carbocycles. The van der Waals surface area contributed by atoms with Crippen LogP contribution in [-0.4, -0.2) is 16.8 Å². The maximum Gasteiger partial charge on any atom is 0.227 e. The van der Waals surface area contributed by atoms with Gasteiger partial charge in [-0.2, -0.15) is 0 Å². The Balaban J connectivity index is 1.18. The summed E-state index contributed by atoms with van der Waals surface area (Å²) in [6, 6.07) is 15.4. The zero-order valence-corrected chi connectivity index (χ0v) is 16.4. The van der Waals surface area contributed by atoms with Gasteiger partial charge in [0.05, 0.1) is 15.2 Å². The molecule has 2 N–H and O–H groups in total. The minimum absolute atomic E-state index is 0.0130. The number of nitrogens with zero attached hydrogens (tertiary/aromatic N) is 1. The Kier molecular flexibility index (Phi) is 5.67. The number of para-hydroxylation sites is 1. The summed E-state index contributed by atoms with van der Waals surface area (Å²) in [4.78, 5) is 28.5. The summed E-state index contributed by atoms with van der Waals surface area (Å²) in [5.74, 6) is 0.283. The van der Waals surface area contributed by atoms with Crippen molar-refractivity contribution in [2.45, 2.75) is 38.5 Å². The summed E-state index contributed by atoms with van der Waals surface area (Å²) in [6.45, 7) is 0. The third kappa shape index (κ3) is 4.95. The highest BCUT2D eigenvalue weighted by molar-refractivity contribution is 7.18. The average molecular weight is 394 g/mol. The van der Waals surface area contributed by atoms with Gasteiger partial charge in [0, 0.05) is 23.7 Å². The Bertz CT molecular complexity index is 944. The molecule has 0 unspecified atom stereocenters. The molecule has 0 aliphatic heterocycles. The van der Waals surface area contributed by atoms with Gasteiger partial charge in [-0.3, -0.25) is 9.59 Å². The normalized spacial score (nSPS) is 13.4. The first-order valence-electron chi connectivity index (χ1n) is 9.72. The Morgan fingerprint density at radius 2 is 1.68 bits per heavy atom. The first-order chi connectivity index (χ1) is 13.7. The molecule has 0 bridgehead atoms. The predicted molar refractivity (Wildman–Crippen MR) is 114 cm³/mol. The molecule has 5 nitrogen and oxygen atoms in total. The highest BCUT2D eigenvalue weighted by Crippen LogP contribution is 2.30. The first-order valence-corrected chi connectivity index (χ1v) is 10.5. The monoisotopic (exact) mass is 393 g/mol. The van der Waals surface area contributed by atoms with E-state index in [9.17, 15) is 9.59 Å². The van der Waals surface area contributed by atoms with Gasteiger partial charge in [-0.15, -0.1) is 11.3 Å². The quantitative estimate of drug-likeness (QED) is 0.529. The Morgan fingerprint density at radius 3 is 2.39 bits per heavy atom. The highest BCUT2D eigenvalue weighted by Gasteiger charge is 2.29. The molecule has 28 heavy (non-hydrogen) atoms. The standard InChI is InChI=1S/C22H23N3O2S/c26-20(7-3-4-8-21-25-18-5-1-2-6-19(18)28-21)23-16-11-13-17(14-12-16)24-22(27)15-9-10-15/h1-2,5-6,11-15H,3-4,7-10H2,(H,23,26)(H,24,27). The third-order valence-corrected chi connectivity index (χ3v) is 5.86. The molecule has 0 atom stereocenters. The highest BCUT2D eigenvalue weighted by atomic mass is 32.1. The van der Waals surface area contributed by atoms with Gasteiger partial charge in [0.2, 0.25) is 11.8 Å². The van der Waals surface area contributed by atoms with Crippen molar-refractivity contribution in [3.05, 3.63) is 53.5 Å². The number of anilines is 2. The number of amides is 2. The Labute approximate surface area is 168 Å². The van der Waals surface area contributed by atoms with Crippen LogP contribution in [0, 0.1) is 5.92 Å². The summed E-state index contributed by atoms with van der Waals surface area (Å²) >= 11 is 1.73. The van der Waals surface area contributed by atoms with Crippen molar-refractivity contribution in [2.24, 2.45) is 5.92 Å². The van der Waals surface area contributed by atoms with Crippen LogP contribution in [0.5, 0.6) is 0 Å². The maximum atomic E-state index is 12.1. The van der Waals surface area contributed by atoms with Crippen LogP contribution in [0.25, 0.3) is 10.2 Å². The summed E-state index contributed by atoms with van der Waals surface area (Å²) in [6.07, 6.45) is 5.14. The van der Waals surface area contributed by atoms with Gasteiger partial charge in [-0.25, -0.2) is 4.98 Å². The lowest BCUT2D eigenvalue weighted by atomic mass is 10.2.